The molecule has 1 N–H and O–H groups in total. The Morgan fingerprint density at radius 3 is 2.12 bits per heavy atom. The summed E-state index contributed by atoms with van der Waals surface area (Å²) in [6, 6.07) is 26.7. The number of hydrogen-bond donors (Lipinski definition) is 1. The molecule has 4 heteroatoms. The number of rotatable bonds is 6. The first-order valence-electron chi connectivity index (χ1n) is 11.4. The van der Waals surface area contributed by atoms with Crippen molar-refractivity contribution in [1.29, 1.82) is 0 Å². The Balaban J connectivity index is 1.52. The third-order valence-electron chi connectivity index (χ3n) is 6.10. The first-order chi connectivity index (χ1) is 15.8. The second-order valence-corrected chi connectivity index (χ2v) is 8.28. The summed E-state index contributed by atoms with van der Waals surface area (Å²) in [7, 11) is 1.69. The van der Waals surface area contributed by atoms with E-state index >= 15 is 0 Å². The van der Waals surface area contributed by atoms with E-state index in [1.807, 2.05) is 48.5 Å². The Morgan fingerprint density at radius 1 is 0.750 bits per heavy atom. The summed E-state index contributed by atoms with van der Waals surface area (Å²) in [5.74, 6) is 2.36. The molecule has 0 saturated heterocycles. The van der Waals surface area contributed by atoms with E-state index in [2.05, 4.69) is 35.3 Å². The molecule has 0 unspecified atom stereocenters. The van der Waals surface area contributed by atoms with E-state index in [9.17, 15) is 0 Å². The normalized spacial score (nSPS) is 14.3. The fourth-order valence-electron chi connectivity index (χ4n) is 4.40. The van der Waals surface area contributed by atoms with Crippen molar-refractivity contribution in [2.24, 2.45) is 0 Å². The van der Waals surface area contributed by atoms with E-state index < -0.39 is 0 Å². The van der Waals surface area contributed by atoms with Crippen LogP contribution in [-0.2, 0) is 0 Å². The van der Waals surface area contributed by atoms with Gasteiger partial charge in [0.25, 0.3) is 0 Å². The average Bonchev–Trinajstić information content (AvgIpc) is 3.32. The van der Waals surface area contributed by atoms with Gasteiger partial charge in [0.1, 0.15) is 5.82 Å². The molecule has 1 aromatic heterocycles. The fourth-order valence-corrected chi connectivity index (χ4v) is 4.40. The van der Waals surface area contributed by atoms with Crippen molar-refractivity contribution in [3.8, 4) is 45.4 Å². The minimum Gasteiger partial charge on any atom is -0.493 e. The van der Waals surface area contributed by atoms with Crippen LogP contribution in [0.2, 0.25) is 0 Å². The van der Waals surface area contributed by atoms with Crippen LogP contribution in [0.15, 0.2) is 78.9 Å². The number of benzene rings is 3. The zero-order chi connectivity index (χ0) is 21.8. The Hall–Kier alpha value is -3.53. The lowest BCUT2D eigenvalue weighted by Crippen LogP contribution is -2.19. The van der Waals surface area contributed by atoms with Crippen LogP contribution in [-0.4, -0.2) is 23.2 Å². The van der Waals surface area contributed by atoms with Gasteiger partial charge >= 0.3 is 0 Å². The van der Waals surface area contributed by atoms with Gasteiger partial charge in [-0.3, -0.25) is 0 Å². The second kappa shape index (κ2) is 9.31. The van der Waals surface area contributed by atoms with Crippen LogP contribution in [0.25, 0.3) is 33.9 Å². The maximum Gasteiger partial charge on any atom is 0.161 e. The van der Waals surface area contributed by atoms with Gasteiger partial charge in [0, 0.05) is 16.7 Å². The van der Waals surface area contributed by atoms with Gasteiger partial charge in [-0.1, -0.05) is 67.1 Å². The number of nitrogens with one attached hydrogen (secondary N) is 1. The standard InChI is InChI=1S/C28H28N2O2/c1-31-25-19-22(17-18-24(25)32-23-15-9-4-10-16-23)28-29-26(20-11-5-2-6-12-20)27(30-28)21-13-7-3-8-14-21/h2-3,5-8,11-14,17-19,23H,4,9-10,15-16H2,1H3,(H,29,30). The number of methoxy groups -OCH3 is 1. The topological polar surface area (TPSA) is 47.1 Å². The van der Waals surface area contributed by atoms with Gasteiger partial charge in [0.2, 0.25) is 0 Å². The quantitative estimate of drug-likeness (QED) is 0.358. The highest BCUT2D eigenvalue weighted by atomic mass is 16.5. The Kier molecular flexibility index (Phi) is 5.93. The molecule has 4 nitrogen and oxygen atoms in total. The molecule has 162 valence electrons. The largest absolute Gasteiger partial charge is 0.493 e. The third-order valence-corrected chi connectivity index (χ3v) is 6.10. The number of aromatic amines is 1. The number of hydrogen-bond acceptors (Lipinski definition) is 3. The fraction of sp³-hybridized carbons (Fsp3) is 0.250. The molecule has 1 saturated carbocycles. The lowest BCUT2D eigenvalue weighted by molar-refractivity contribution is 0.149. The first kappa shape index (κ1) is 20.4. The van der Waals surface area contributed by atoms with Crippen molar-refractivity contribution in [3.05, 3.63) is 78.9 Å². The zero-order valence-corrected chi connectivity index (χ0v) is 18.4. The molecule has 4 aromatic rings. The number of ether oxygens (including phenoxy) is 2. The lowest BCUT2D eigenvalue weighted by atomic mass is 9.98. The molecule has 5 rings (SSSR count). The number of aromatic nitrogens is 2. The highest BCUT2D eigenvalue weighted by molar-refractivity contribution is 5.81. The maximum atomic E-state index is 6.28. The van der Waals surface area contributed by atoms with Crippen molar-refractivity contribution in [2.45, 2.75) is 38.2 Å². The average molecular weight is 425 g/mol. The van der Waals surface area contributed by atoms with E-state index in [0.717, 1.165) is 58.2 Å². The summed E-state index contributed by atoms with van der Waals surface area (Å²) in [6.45, 7) is 0. The van der Waals surface area contributed by atoms with Gasteiger partial charge in [0.15, 0.2) is 11.5 Å². The molecule has 0 bridgehead atoms. The summed E-state index contributed by atoms with van der Waals surface area (Å²) in [4.78, 5) is 8.55. The van der Waals surface area contributed by atoms with Crippen molar-refractivity contribution < 1.29 is 9.47 Å². The van der Waals surface area contributed by atoms with Gasteiger partial charge < -0.3 is 14.5 Å². The number of nitrogens with zero attached hydrogens (tertiary/aromatic N) is 1. The molecule has 0 aliphatic heterocycles. The second-order valence-electron chi connectivity index (χ2n) is 8.28. The Labute approximate surface area is 189 Å². The van der Waals surface area contributed by atoms with E-state index in [0.29, 0.717) is 0 Å². The zero-order valence-electron chi connectivity index (χ0n) is 18.4. The summed E-state index contributed by atoms with van der Waals surface area (Å²) >= 11 is 0. The van der Waals surface area contributed by atoms with Gasteiger partial charge in [-0.05, 0) is 43.9 Å². The smallest absolute Gasteiger partial charge is 0.161 e. The SMILES string of the molecule is COc1cc(-c2nc(-c3ccccc3)c(-c3ccccc3)[nH]2)ccc1OC1CCCCC1. The third kappa shape index (κ3) is 4.26. The highest BCUT2D eigenvalue weighted by Crippen LogP contribution is 2.37. The van der Waals surface area contributed by atoms with E-state index in [1.165, 1.54) is 19.3 Å². The lowest BCUT2D eigenvalue weighted by Gasteiger charge is -2.24. The molecule has 0 amide bonds. The molecule has 32 heavy (non-hydrogen) atoms. The Bertz CT molecular complexity index is 1110. The predicted molar refractivity (Wildman–Crippen MR) is 129 cm³/mol. The predicted octanol–water partition coefficient (Wildman–Crippen LogP) is 7.13. The van der Waals surface area contributed by atoms with Crippen LogP contribution in [0.4, 0.5) is 0 Å². The maximum absolute atomic E-state index is 6.28. The van der Waals surface area contributed by atoms with Gasteiger partial charge in [-0.15, -0.1) is 0 Å². The van der Waals surface area contributed by atoms with Gasteiger partial charge in [-0.25, -0.2) is 4.98 Å². The molecular weight excluding hydrogens is 396 g/mol. The van der Waals surface area contributed by atoms with Crippen LogP contribution < -0.4 is 9.47 Å². The van der Waals surface area contributed by atoms with Crippen molar-refractivity contribution >= 4 is 0 Å². The van der Waals surface area contributed by atoms with Crippen LogP contribution >= 0.6 is 0 Å². The van der Waals surface area contributed by atoms with Crippen LogP contribution in [0.1, 0.15) is 32.1 Å². The van der Waals surface area contributed by atoms with E-state index in [1.54, 1.807) is 7.11 Å². The molecule has 1 fully saturated rings. The molecule has 3 aromatic carbocycles. The Morgan fingerprint density at radius 2 is 1.44 bits per heavy atom. The van der Waals surface area contributed by atoms with Crippen molar-refractivity contribution in [1.82, 2.24) is 9.97 Å². The summed E-state index contributed by atoms with van der Waals surface area (Å²) in [5, 5.41) is 0. The molecule has 0 radical (unpaired) electrons. The molecule has 0 atom stereocenters. The minimum absolute atomic E-state index is 0.279. The van der Waals surface area contributed by atoms with E-state index in [-0.39, 0.29) is 6.10 Å². The molecule has 0 spiro atoms. The van der Waals surface area contributed by atoms with Crippen molar-refractivity contribution in [2.75, 3.05) is 7.11 Å². The van der Waals surface area contributed by atoms with Gasteiger partial charge in [0.05, 0.1) is 24.6 Å². The van der Waals surface area contributed by atoms with Gasteiger partial charge in [-0.2, -0.15) is 0 Å². The monoisotopic (exact) mass is 424 g/mol. The highest BCUT2D eigenvalue weighted by Gasteiger charge is 2.19. The number of H-pyrrole nitrogens is 1. The summed E-state index contributed by atoms with van der Waals surface area (Å²) < 4.78 is 12.0. The summed E-state index contributed by atoms with van der Waals surface area (Å²) in [5.41, 5.74) is 5.10. The van der Waals surface area contributed by atoms with Crippen molar-refractivity contribution in [3.63, 3.8) is 0 Å². The van der Waals surface area contributed by atoms with Crippen LogP contribution in [0, 0.1) is 0 Å². The molecule has 1 heterocycles. The molecular formula is C28H28N2O2. The number of imidazole rings is 1. The van der Waals surface area contributed by atoms with E-state index in [4.69, 9.17) is 14.5 Å². The minimum atomic E-state index is 0.279. The van der Waals surface area contributed by atoms with Crippen LogP contribution in [0.3, 0.4) is 0 Å². The molecule has 1 aliphatic rings. The summed E-state index contributed by atoms with van der Waals surface area (Å²) in [6.07, 6.45) is 6.29. The molecule has 1 aliphatic carbocycles. The first-order valence-corrected chi connectivity index (χ1v) is 11.4. The van der Waals surface area contributed by atoms with Crippen LogP contribution in [0.5, 0.6) is 11.5 Å².